The summed E-state index contributed by atoms with van der Waals surface area (Å²) < 4.78 is 11.3. The first-order chi connectivity index (χ1) is 43.3. The molecular weight excluding hydrogens is 1090 g/mol. The monoisotopic (exact) mass is 1240 g/mol. The van der Waals surface area contributed by atoms with Crippen LogP contribution in [0.15, 0.2) is 48.6 Å². The number of aliphatic hydroxyl groups excluding tert-OH is 5. The molecule has 9 heteroatoms. The van der Waals surface area contributed by atoms with Crippen LogP contribution in [-0.4, -0.2) is 87.5 Å². The second-order valence-corrected chi connectivity index (χ2v) is 27.2. The van der Waals surface area contributed by atoms with Gasteiger partial charge >= 0.3 is 0 Å². The highest BCUT2D eigenvalue weighted by molar-refractivity contribution is 5.76. The zero-order chi connectivity index (χ0) is 63.5. The van der Waals surface area contributed by atoms with Gasteiger partial charge in [-0.1, -0.05) is 377 Å². The molecule has 7 unspecified atom stereocenters. The summed E-state index contributed by atoms with van der Waals surface area (Å²) in [4.78, 5) is 13.2. The zero-order valence-electron chi connectivity index (χ0n) is 58.3. The number of amides is 1. The van der Waals surface area contributed by atoms with Crippen LogP contribution in [0.3, 0.4) is 0 Å². The predicted octanol–water partition coefficient (Wildman–Crippen LogP) is 21.9. The Bertz CT molecular complexity index is 1530. The van der Waals surface area contributed by atoms with E-state index in [1.54, 1.807) is 6.08 Å². The molecule has 0 aromatic heterocycles. The minimum absolute atomic E-state index is 0.170. The molecule has 1 aliphatic heterocycles. The molecule has 7 atom stereocenters. The average molecular weight is 1240 g/mol. The summed E-state index contributed by atoms with van der Waals surface area (Å²) >= 11 is 0. The number of allylic oxidation sites excluding steroid dienone is 7. The van der Waals surface area contributed by atoms with Crippen molar-refractivity contribution in [3.63, 3.8) is 0 Å². The number of aliphatic hydroxyl groups is 5. The lowest BCUT2D eigenvalue weighted by atomic mass is 9.99. The van der Waals surface area contributed by atoms with Crippen LogP contribution in [-0.2, 0) is 14.3 Å². The van der Waals surface area contributed by atoms with Crippen molar-refractivity contribution in [1.82, 2.24) is 5.32 Å². The summed E-state index contributed by atoms with van der Waals surface area (Å²) in [7, 11) is 0. The third-order valence-electron chi connectivity index (χ3n) is 18.6. The Balaban J connectivity index is 2.08. The SMILES string of the molecule is CCCCCCC/C=C\C/C=C\C/C=C\CCCCCCCCCCCCCCCCCCCCC(=O)NC(COC1OC(CO)C(O)C(O)C1O)C(O)/C=C/CCCCCCCCCCCCCCCCCCCCCCCCCCCCCCCC. The van der Waals surface area contributed by atoms with Gasteiger partial charge in [-0.05, 0) is 57.8 Å². The molecule has 1 rings (SSSR count). The van der Waals surface area contributed by atoms with E-state index in [1.807, 2.05) is 6.08 Å². The fourth-order valence-electron chi connectivity index (χ4n) is 12.6. The van der Waals surface area contributed by atoms with Crippen LogP contribution in [0.4, 0.5) is 0 Å². The van der Waals surface area contributed by atoms with Crippen molar-refractivity contribution in [2.45, 2.75) is 436 Å². The molecule has 88 heavy (non-hydrogen) atoms. The van der Waals surface area contributed by atoms with Gasteiger partial charge in [0.25, 0.3) is 0 Å². The van der Waals surface area contributed by atoms with Crippen LogP contribution in [0.2, 0.25) is 0 Å². The molecule has 9 nitrogen and oxygen atoms in total. The molecule has 0 aromatic carbocycles. The van der Waals surface area contributed by atoms with E-state index in [4.69, 9.17) is 9.47 Å². The molecule has 1 aliphatic rings. The first kappa shape index (κ1) is 84.2. The quantitative estimate of drug-likeness (QED) is 0.0261. The Labute approximate surface area is 545 Å². The van der Waals surface area contributed by atoms with E-state index in [0.717, 1.165) is 51.4 Å². The lowest BCUT2D eigenvalue weighted by molar-refractivity contribution is -0.302. The first-order valence-electron chi connectivity index (χ1n) is 38.9. The molecule has 0 aromatic rings. The largest absolute Gasteiger partial charge is 0.394 e. The maximum absolute atomic E-state index is 13.2. The van der Waals surface area contributed by atoms with E-state index in [0.29, 0.717) is 6.42 Å². The van der Waals surface area contributed by atoms with Crippen LogP contribution < -0.4 is 5.32 Å². The molecule has 6 N–H and O–H groups in total. The van der Waals surface area contributed by atoms with Gasteiger partial charge in [0.1, 0.15) is 24.4 Å². The lowest BCUT2D eigenvalue weighted by Gasteiger charge is -2.40. The average Bonchev–Trinajstić information content (AvgIpc) is 3.65. The molecule has 1 fully saturated rings. The Hall–Kier alpha value is -1.85. The van der Waals surface area contributed by atoms with Crippen molar-refractivity contribution in [1.29, 1.82) is 0 Å². The van der Waals surface area contributed by atoms with Crippen molar-refractivity contribution < 1.29 is 39.8 Å². The third kappa shape index (κ3) is 55.8. The number of ether oxygens (including phenoxy) is 2. The normalized spacial score (nSPS) is 18.1. The summed E-state index contributed by atoms with van der Waals surface area (Å²) in [6, 6.07) is -0.807. The molecule has 0 bridgehead atoms. The number of hydrogen-bond donors (Lipinski definition) is 6. The maximum Gasteiger partial charge on any atom is 0.220 e. The summed E-state index contributed by atoms with van der Waals surface area (Å²) in [6.07, 6.45) is 86.7. The third-order valence-corrected chi connectivity index (χ3v) is 18.6. The van der Waals surface area contributed by atoms with Crippen molar-refractivity contribution in [2.75, 3.05) is 13.2 Å². The summed E-state index contributed by atoms with van der Waals surface area (Å²) in [5, 5.41) is 54.9. The van der Waals surface area contributed by atoms with Gasteiger partial charge in [0.05, 0.1) is 25.4 Å². The van der Waals surface area contributed by atoms with Crippen molar-refractivity contribution in [2.24, 2.45) is 0 Å². The fraction of sp³-hybridized carbons (Fsp3) is 0.886. The van der Waals surface area contributed by atoms with Gasteiger partial charge in [-0.2, -0.15) is 0 Å². The van der Waals surface area contributed by atoms with Crippen LogP contribution in [0, 0.1) is 0 Å². The van der Waals surface area contributed by atoms with Gasteiger partial charge in [-0.25, -0.2) is 0 Å². The van der Waals surface area contributed by atoms with E-state index >= 15 is 0 Å². The van der Waals surface area contributed by atoms with Gasteiger partial charge in [0.15, 0.2) is 6.29 Å². The fourth-order valence-corrected chi connectivity index (χ4v) is 12.6. The summed E-state index contributed by atoms with van der Waals surface area (Å²) in [6.45, 7) is 3.83. The molecule has 0 saturated carbocycles. The van der Waals surface area contributed by atoms with Crippen LogP contribution >= 0.6 is 0 Å². The molecule has 1 saturated heterocycles. The second kappa shape index (κ2) is 68.0. The highest BCUT2D eigenvalue weighted by Crippen LogP contribution is 2.24. The van der Waals surface area contributed by atoms with E-state index < -0.39 is 49.5 Å². The Kier molecular flexibility index (Phi) is 65.1. The zero-order valence-corrected chi connectivity index (χ0v) is 58.3. The minimum Gasteiger partial charge on any atom is -0.394 e. The van der Waals surface area contributed by atoms with E-state index in [9.17, 15) is 30.3 Å². The highest BCUT2D eigenvalue weighted by atomic mass is 16.7. The van der Waals surface area contributed by atoms with Crippen molar-refractivity contribution >= 4 is 5.91 Å². The number of rotatable bonds is 69. The van der Waals surface area contributed by atoms with Crippen LogP contribution in [0.1, 0.15) is 393 Å². The van der Waals surface area contributed by atoms with Crippen molar-refractivity contribution in [3.8, 4) is 0 Å². The number of nitrogens with one attached hydrogen (secondary N) is 1. The van der Waals surface area contributed by atoms with Gasteiger partial charge in [-0.3, -0.25) is 4.79 Å². The van der Waals surface area contributed by atoms with Gasteiger partial charge in [0, 0.05) is 6.42 Å². The van der Waals surface area contributed by atoms with E-state index in [1.165, 1.54) is 321 Å². The number of unbranched alkanes of at least 4 members (excludes halogenated alkanes) is 53. The molecule has 1 amide bonds. The van der Waals surface area contributed by atoms with Gasteiger partial charge < -0.3 is 40.3 Å². The van der Waals surface area contributed by atoms with Crippen LogP contribution in [0.25, 0.3) is 0 Å². The molecule has 0 aliphatic carbocycles. The smallest absolute Gasteiger partial charge is 0.220 e. The minimum atomic E-state index is -1.57. The first-order valence-corrected chi connectivity index (χ1v) is 38.9. The Morgan fingerprint density at radius 2 is 0.670 bits per heavy atom. The summed E-state index contributed by atoms with van der Waals surface area (Å²) in [5.41, 5.74) is 0. The Morgan fingerprint density at radius 1 is 0.386 bits per heavy atom. The second-order valence-electron chi connectivity index (χ2n) is 27.2. The van der Waals surface area contributed by atoms with Crippen molar-refractivity contribution in [3.05, 3.63) is 48.6 Å². The molecule has 0 spiro atoms. The van der Waals surface area contributed by atoms with Gasteiger partial charge in [0.2, 0.25) is 5.91 Å². The molecule has 0 radical (unpaired) electrons. The standard InChI is InChI=1S/C79H149NO8/c1-3-5-7-9-11-13-15-17-19-21-23-25-27-29-31-33-35-37-39-41-43-45-47-49-51-53-55-57-59-61-63-65-67-69-75(83)80-72(71-87-79-78(86)77(85)76(84)74(70-81)88-79)73(82)68-66-64-62-60-58-56-54-52-50-48-46-44-42-40-38-36-34-32-30-28-26-24-22-20-18-16-14-12-10-8-6-4-2/h15,17,21,23,27,29,66,68,72-74,76-79,81-82,84-86H,3-14,16,18-20,22,24-26,28,30-65,67,69-71H2,1-2H3,(H,80,83)/b17-15-,23-21-,29-27-,68-66+. The molecular formula is C79H149NO8. The maximum atomic E-state index is 13.2. The lowest BCUT2D eigenvalue weighted by Crippen LogP contribution is -2.60. The number of carbonyl (C=O) groups is 1. The number of carbonyl (C=O) groups excluding carboxylic acids is 1. The topological polar surface area (TPSA) is 149 Å². The Morgan fingerprint density at radius 3 is 0.989 bits per heavy atom. The number of hydrogen-bond acceptors (Lipinski definition) is 8. The molecule has 518 valence electrons. The summed E-state index contributed by atoms with van der Waals surface area (Å²) in [5.74, 6) is -0.170. The van der Waals surface area contributed by atoms with Crippen LogP contribution in [0.5, 0.6) is 0 Å². The van der Waals surface area contributed by atoms with E-state index in [2.05, 4.69) is 55.6 Å². The predicted molar refractivity (Wildman–Crippen MR) is 378 cm³/mol. The van der Waals surface area contributed by atoms with Gasteiger partial charge in [-0.15, -0.1) is 0 Å². The van der Waals surface area contributed by atoms with E-state index in [-0.39, 0.29) is 12.5 Å². The highest BCUT2D eigenvalue weighted by Gasteiger charge is 2.44. The molecule has 1 heterocycles.